The molecule has 0 spiro atoms. The fourth-order valence-corrected chi connectivity index (χ4v) is 2.21. The lowest BCUT2D eigenvalue weighted by Crippen LogP contribution is -2.24. The number of amides is 1. The van der Waals surface area contributed by atoms with Crippen LogP contribution < -0.4 is 5.32 Å². The summed E-state index contributed by atoms with van der Waals surface area (Å²) in [5, 5.41) is 2.72. The number of esters is 1. The van der Waals surface area contributed by atoms with Crippen molar-refractivity contribution in [2.75, 3.05) is 13.2 Å². The molecular weight excluding hydrogens is 326 g/mol. The number of ether oxygens (including phenoxy) is 1. The number of nitrogens with zero attached hydrogens (tertiary/aromatic N) is 2. The average molecular weight is 340 g/mol. The standard InChI is InChI=1S/C13H14BrN3O3/c1-3-15-12(18)10-5-8(14)6-11-16-9(7-17(10)11)13(19)20-4-2/h5-7H,3-4H2,1-2H3,(H,15,18). The van der Waals surface area contributed by atoms with Crippen molar-refractivity contribution in [1.82, 2.24) is 14.7 Å². The van der Waals surface area contributed by atoms with Crippen LogP contribution in [0, 0.1) is 0 Å². The van der Waals surface area contributed by atoms with E-state index in [1.165, 1.54) is 6.20 Å². The minimum absolute atomic E-state index is 0.176. The lowest BCUT2D eigenvalue weighted by atomic mass is 10.3. The second-order valence-corrected chi connectivity index (χ2v) is 4.91. The van der Waals surface area contributed by atoms with Crippen LogP contribution in [0.1, 0.15) is 34.8 Å². The number of fused-ring (bicyclic) bond motifs is 1. The molecule has 0 radical (unpaired) electrons. The van der Waals surface area contributed by atoms with Crippen LogP contribution in [0.4, 0.5) is 0 Å². The van der Waals surface area contributed by atoms with Crippen LogP contribution in [0.5, 0.6) is 0 Å². The van der Waals surface area contributed by atoms with Crippen molar-refractivity contribution < 1.29 is 14.3 Å². The Morgan fingerprint density at radius 1 is 1.40 bits per heavy atom. The van der Waals surface area contributed by atoms with Gasteiger partial charge >= 0.3 is 5.97 Å². The Hall–Kier alpha value is -1.89. The van der Waals surface area contributed by atoms with Gasteiger partial charge in [-0.1, -0.05) is 15.9 Å². The predicted octanol–water partition coefficient (Wildman–Crippen LogP) is 2.02. The number of hydrogen-bond donors (Lipinski definition) is 1. The fourth-order valence-electron chi connectivity index (χ4n) is 1.78. The maximum Gasteiger partial charge on any atom is 0.358 e. The van der Waals surface area contributed by atoms with E-state index in [2.05, 4.69) is 26.2 Å². The van der Waals surface area contributed by atoms with Crippen LogP contribution in [0.25, 0.3) is 5.65 Å². The van der Waals surface area contributed by atoms with E-state index in [-0.39, 0.29) is 18.2 Å². The molecule has 2 aromatic rings. The van der Waals surface area contributed by atoms with Crippen molar-refractivity contribution in [2.45, 2.75) is 13.8 Å². The van der Waals surface area contributed by atoms with Crippen molar-refractivity contribution in [3.63, 3.8) is 0 Å². The first kappa shape index (κ1) is 14.5. The Morgan fingerprint density at radius 3 is 2.80 bits per heavy atom. The van der Waals surface area contributed by atoms with Gasteiger partial charge in [-0.05, 0) is 26.0 Å². The van der Waals surface area contributed by atoms with Gasteiger partial charge in [0, 0.05) is 17.2 Å². The lowest BCUT2D eigenvalue weighted by molar-refractivity contribution is 0.0520. The molecule has 0 aliphatic rings. The minimum atomic E-state index is -0.505. The number of rotatable bonds is 4. The molecule has 0 aliphatic carbocycles. The molecule has 106 valence electrons. The molecule has 0 fully saturated rings. The summed E-state index contributed by atoms with van der Waals surface area (Å²) in [4.78, 5) is 27.9. The van der Waals surface area contributed by atoms with Gasteiger partial charge in [0.1, 0.15) is 11.3 Å². The smallest absolute Gasteiger partial charge is 0.358 e. The van der Waals surface area contributed by atoms with Crippen molar-refractivity contribution in [3.8, 4) is 0 Å². The molecule has 0 aromatic carbocycles. The quantitative estimate of drug-likeness (QED) is 0.865. The van der Waals surface area contributed by atoms with Gasteiger partial charge in [0.15, 0.2) is 5.69 Å². The molecule has 0 atom stereocenters. The van der Waals surface area contributed by atoms with E-state index >= 15 is 0 Å². The summed E-state index contributed by atoms with van der Waals surface area (Å²) >= 11 is 3.33. The summed E-state index contributed by atoms with van der Waals surface area (Å²) in [6.45, 7) is 4.36. The average Bonchev–Trinajstić information content (AvgIpc) is 2.82. The number of halogens is 1. The Labute approximate surface area is 124 Å². The zero-order valence-corrected chi connectivity index (χ0v) is 12.7. The number of imidazole rings is 1. The van der Waals surface area contributed by atoms with E-state index in [4.69, 9.17) is 4.74 Å². The van der Waals surface area contributed by atoms with Crippen LogP contribution in [0.15, 0.2) is 22.8 Å². The second kappa shape index (κ2) is 6.04. The third-order valence-corrected chi connectivity index (χ3v) is 3.05. The van der Waals surface area contributed by atoms with E-state index in [0.29, 0.717) is 22.4 Å². The molecule has 2 rings (SSSR count). The summed E-state index contributed by atoms with van der Waals surface area (Å²) in [6.07, 6.45) is 1.50. The molecule has 0 bridgehead atoms. The highest BCUT2D eigenvalue weighted by Gasteiger charge is 2.16. The second-order valence-electron chi connectivity index (χ2n) is 3.99. The van der Waals surface area contributed by atoms with Gasteiger partial charge in [-0.2, -0.15) is 0 Å². The third kappa shape index (κ3) is 2.82. The first-order valence-electron chi connectivity index (χ1n) is 6.20. The monoisotopic (exact) mass is 339 g/mol. The van der Waals surface area contributed by atoms with E-state index in [1.54, 1.807) is 23.5 Å². The fraction of sp³-hybridized carbons (Fsp3) is 0.308. The third-order valence-electron chi connectivity index (χ3n) is 2.59. The molecule has 0 saturated carbocycles. The number of hydrogen-bond acceptors (Lipinski definition) is 4. The predicted molar refractivity (Wildman–Crippen MR) is 76.9 cm³/mol. The molecule has 1 amide bonds. The molecule has 6 nitrogen and oxygen atoms in total. The Balaban J connectivity index is 2.52. The molecule has 2 aromatic heterocycles. The molecule has 1 N–H and O–H groups in total. The molecule has 0 unspecified atom stereocenters. The molecule has 0 saturated heterocycles. The molecule has 2 heterocycles. The minimum Gasteiger partial charge on any atom is -0.461 e. The van der Waals surface area contributed by atoms with Gasteiger partial charge in [0.25, 0.3) is 5.91 Å². The van der Waals surface area contributed by atoms with Crippen molar-refractivity contribution in [1.29, 1.82) is 0 Å². The van der Waals surface area contributed by atoms with Gasteiger partial charge in [-0.15, -0.1) is 0 Å². The Morgan fingerprint density at radius 2 is 2.15 bits per heavy atom. The first-order valence-corrected chi connectivity index (χ1v) is 7.00. The molecule has 7 heteroatoms. The summed E-state index contributed by atoms with van der Waals surface area (Å²) < 4.78 is 7.20. The summed E-state index contributed by atoms with van der Waals surface area (Å²) in [5.74, 6) is -0.735. The number of carbonyl (C=O) groups is 2. The number of carbonyl (C=O) groups excluding carboxylic acids is 2. The van der Waals surface area contributed by atoms with Crippen LogP contribution in [0.2, 0.25) is 0 Å². The SMILES string of the molecule is CCNC(=O)c1cc(Br)cc2nc(C(=O)OCC)cn12. The van der Waals surface area contributed by atoms with Gasteiger partial charge in [-0.3, -0.25) is 9.20 Å². The topological polar surface area (TPSA) is 72.7 Å². The Kier molecular flexibility index (Phi) is 4.39. The largest absolute Gasteiger partial charge is 0.461 e. The molecule has 20 heavy (non-hydrogen) atoms. The zero-order valence-electron chi connectivity index (χ0n) is 11.1. The maximum atomic E-state index is 12.0. The lowest BCUT2D eigenvalue weighted by Gasteiger charge is -2.05. The van der Waals surface area contributed by atoms with Crippen molar-refractivity contribution in [2.24, 2.45) is 0 Å². The van der Waals surface area contributed by atoms with Gasteiger partial charge in [0.05, 0.1) is 6.61 Å². The van der Waals surface area contributed by atoms with Gasteiger partial charge in [0.2, 0.25) is 0 Å². The van der Waals surface area contributed by atoms with Crippen molar-refractivity contribution >= 4 is 33.5 Å². The van der Waals surface area contributed by atoms with Gasteiger partial charge in [-0.25, -0.2) is 9.78 Å². The first-order chi connectivity index (χ1) is 9.56. The van der Waals surface area contributed by atoms with Gasteiger partial charge < -0.3 is 10.1 Å². The highest BCUT2D eigenvalue weighted by Crippen LogP contribution is 2.18. The summed E-state index contributed by atoms with van der Waals surface area (Å²) in [5.41, 5.74) is 1.08. The van der Waals surface area contributed by atoms with E-state index in [9.17, 15) is 9.59 Å². The molecule has 0 aliphatic heterocycles. The summed E-state index contributed by atoms with van der Waals surface area (Å²) in [6, 6.07) is 3.40. The van der Waals surface area contributed by atoms with E-state index in [1.807, 2.05) is 6.92 Å². The van der Waals surface area contributed by atoms with Crippen LogP contribution >= 0.6 is 15.9 Å². The number of pyridine rings is 1. The highest BCUT2D eigenvalue weighted by molar-refractivity contribution is 9.10. The zero-order chi connectivity index (χ0) is 14.7. The number of aromatic nitrogens is 2. The van der Waals surface area contributed by atoms with Crippen molar-refractivity contribution in [3.05, 3.63) is 34.2 Å². The van der Waals surface area contributed by atoms with Crippen LogP contribution in [-0.4, -0.2) is 34.4 Å². The Bertz CT molecular complexity index is 666. The highest BCUT2D eigenvalue weighted by atomic mass is 79.9. The van der Waals surface area contributed by atoms with E-state index < -0.39 is 5.97 Å². The van der Waals surface area contributed by atoms with E-state index in [0.717, 1.165) is 0 Å². The van der Waals surface area contributed by atoms with Crippen LogP contribution in [0.3, 0.4) is 0 Å². The normalized spacial score (nSPS) is 10.6. The molecular formula is C13H14BrN3O3. The maximum absolute atomic E-state index is 12.0. The number of nitrogens with one attached hydrogen (secondary N) is 1. The van der Waals surface area contributed by atoms with Crippen LogP contribution in [-0.2, 0) is 4.74 Å². The summed E-state index contributed by atoms with van der Waals surface area (Å²) in [7, 11) is 0.